The number of carbonyl (C=O) groups is 5. The number of likely N-dealkylation sites (N-methyl/N-ethyl adjacent to an activating group) is 2. The minimum Gasteiger partial charge on any atom is -0.379 e. The van der Waals surface area contributed by atoms with E-state index in [1.807, 2.05) is 74.9 Å². The van der Waals surface area contributed by atoms with Gasteiger partial charge in [-0.1, -0.05) is 85.2 Å². The second-order valence-electron chi connectivity index (χ2n) is 17.4. The van der Waals surface area contributed by atoms with Crippen LogP contribution in [-0.2, 0) is 38.3 Å². The van der Waals surface area contributed by atoms with Crippen molar-refractivity contribution in [2.24, 2.45) is 23.7 Å². The predicted octanol–water partition coefficient (Wildman–Crippen LogP) is 3.89. The SMILES string of the molecule is CC[C@H](C)[C@@H]([C@@H](CC(=O)N1CCC[C@H]1[C@H](OC)[C@@H](C)C(=O)N[C@@]1(C(=O)N2CCCCO2)C[C@@H]1c1ccccc1)OC)N(C)[C@H](C(=O)NC(=O)[C@@H](NC)C(C)C)C(C)C. The van der Waals surface area contributed by atoms with E-state index in [0.717, 1.165) is 31.2 Å². The van der Waals surface area contributed by atoms with Crippen LogP contribution in [0.3, 0.4) is 0 Å². The summed E-state index contributed by atoms with van der Waals surface area (Å²) in [5.41, 5.74) is -0.148. The number of ether oxygens (including phenoxy) is 2. The topological polar surface area (TPSA) is 159 Å². The number of likely N-dealkylation sites (tertiary alicyclic amines) is 1. The summed E-state index contributed by atoms with van der Waals surface area (Å²) in [6.07, 6.45) is 3.19. The van der Waals surface area contributed by atoms with Crippen molar-refractivity contribution in [2.45, 2.75) is 141 Å². The fourth-order valence-electron chi connectivity index (χ4n) is 9.47. The first-order valence-electron chi connectivity index (χ1n) is 21.5. The average molecular weight is 813 g/mol. The number of hydrogen-bond donors (Lipinski definition) is 3. The van der Waals surface area contributed by atoms with Crippen LogP contribution >= 0.6 is 0 Å². The molecule has 4 rings (SSSR count). The highest BCUT2D eigenvalue weighted by atomic mass is 16.7. The molecule has 5 amide bonds. The third kappa shape index (κ3) is 10.7. The second-order valence-corrected chi connectivity index (χ2v) is 17.4. The van der Waals surface area contributed by atoms with Gasteiger partial charge in [0.15, 0.2) is 0 Å². The lowest BCUT2D eigenvalue weighted by Gasteiger charge is -2.43. The Bertz CT molecular complexity index is 1540. The van der Waals surface area contributed by atoms with E-state index in [1.54, 1.807) is 28.2 Å². The van der Waals surface area contributed by atoms with E-state index in [0.29, 0.717) is 32.5 Å². The van der Waals surface area contributed by atoms with E-state index in [9.17, 15) is 24.0 Å². The van der Waals surface area contributed by atoms with E-state index < -0.39 is 35.7 Å². The van der Waals surface area contributed by atoms with Crippen LogP contribution < -0.4 is 16.0 Å². The standard InChI is InChI=1S/C44H72N6O8/c1-12-29(6)38(48(9)37(28(4)5)42(54)46-41(53)36(45-8)27(2)3)34(56-10)25-35(51)49-22-18-21-33(49)39(57-11)30(7)40(52)47-44(43(55)50-23-16-17-24-58-50)26-32(44)31-19-14-13-15-20-31/h13-15,19-20,27-30,32-34,36-39,45H,12,16-18,21-26H2,1-11H3,(H,47,52)(H,46,53,54)/t29-,30+,32+,33-,34+,36-,37-,38-,39+,44-/m0/s1. The average Bonchev–Trinajstić information content (AvgIpc) is 3.72. The first-order chi connectivity index (χ1) is 27.6. The van der Waals surface area contributed by atoms with Crippen molar-refractivity contribution >= 4 is 29.5 Å². The maximum Gasteiger partial charge on any atom is 0.272 e. The van der Waals surface area contributed by atoms with Crippen LogP contribution in [0.15, 0.2) is 30.3 Å². The summed E-state index contributed by atoms with van der Waals surface area (Å²) in [6.45, 7) is 15.1. The summed E-state index contributed by atoms with van der Waals surface area (Å²) in [5, 5.41) is 10.2. The molecule has 1 saturated carbocycles. The lowest BCUT2D eigenvalue weighted by Crippen LogP contribution is -2.60. The molecule has 1 aromatic rings. The number of methoxy groups -OCH3 is 2. The fraction of sp³-hybridized carbons (Fsp3) is 0.750. The number of carbonyl (C=O) groups excluding carboxylic acids is 5. The number of rotatable bonds is 20. The molecule has 2 aliphatic heterocycles. The highest BCUT2D eigenvalue weighted by Gasteiger charge is 2.64. The highest BCUT2D eigenvalue weighted by molar-refractivity contribution is 6.00. The quantitative estimate of drug-likeness (QED) is 0.177. The number of imide groups is 1. The smallest absolute Gasteiger partial charge is 0.272 e. The van der Waals surface area contributed by atoms with Gasteiger partial charge in [0, 0.05) is 39.3 Å². The first-order valence-corrected chi connectivity index (χ1v) is 21.5. The molecule has 0 bridgehead atoms. The fourth-order valence-corrected chi connectivity index (χ4v) is 9.47. The molecule has 14 heteroatoms. The number of amides is 5. The zero-order valence-corrected chi connectivity index (χ0v) is 36.9. The molecule has 326 valence electrons. The molecule has 3 fully saturated rings. The van der Waals surface area contributed by atoms with Crippen LogP contribution in [-0.4, -0.2) is 134 Å². The second kappa shape index (κ2) is 21.2. The summed E-state index contributed by atoms with van der Waals surface area (Å²) in [5.74, 6) is -2.44. The molecule has 0 spiro atoms. The van der Waals surface area contributed by atoms with E-state index in [4.69, 9.17) is 14.3 Å². The van der Waals surface area contributed by atoms with Gasteiger partial charge in [0.2, 0.25) is 23.6 Å². The number of nitrogens with zero attached hydrogens (tertiary/aromatic N) is 3. The molecule has 0 aromatic heterocycles. The molecule has 2 heterocycles. The Hall–Kier alpha value is -3.43. The molecule has 1 aromatic carbocycles. The Morgan fingerprint density at radius 1 is 0.914 bits per heavy atom. The predicted molar refractivity (Wildman–Crippen MR) is 222 cm³/mol. The molecule has 0 radical (unpaired) electrons. The van der Waals surface area contributed by atoms with Crippen molar-refractivity contribution in [3.63, 3.8) is 0 Å². The Balaban J connectivity index is 1.51. The monoisotopic (exact) mass is 813 g/mol. The van der Waals surface area contributed by atoms with Crippen molar-refractivity contribution in [1.82, 2.24) is 30.8 Å². The molecule has 58 heavy (non-hydrogen) atoms. The van der Waals surface area contributed by atoms with Crippen molar-refractivity contribution in [3.05, 3.63) is 35.9 Å². The van der Waals surface area contributed by atoms with Gasteiger partial charge in [-0.05, 0) is 69.5 Å². The molecule has 0 unspecified atom stereocenters. The molecule has 3 aliphatic rings. The Labute approximate surface area is 346 Å². The van der Waals surface area contributed by atoms with Gasteiger partial charge in [0.05, 0.1) is 49.3 Å². The van der Waals surface area contributed by atoms with Crippen LogP contribution in [0.25, 0.3) is 0 Å². The first kappa shape index (κ1) is 47.3. The zero-order valence-electron chi connectivity index (χ0n) is 36.9. The van der Waals surface area contributed by atoms with E-state index in [1.165, 1.54) is 5.06 Å². The number of hydrogen-bond acceptors (Lipinski definition) is 10. The van der Waals surface area contributed by atoms with Gasteiger partial charge >= 0.3 is 0 Å². The van der Waals surface area contributed by atoms with Crippen LogP contribution in [0.4, 0.5) is 0 Å². The van der Waals surface area contributed by atoms with Gasteiger partial charge in [0.25, 0.3) is 5.91 Å². The van der Waals surface area contributed by atoms with Crippen LogP contribution in [0.2, 0.25) is 0 Å². The maximum atomic E-state index is 14.4. The minimum atomic E-state index is -1.13. The summed E-state index contributed by atoms with van der Waals surface area (Å²) >= 11 is 0. The van der Waals surface area contributed by atoms with Crippen molar-refractivity contribution < 1.29 is 38.3 Å². The molecule has 14 nitrogen and oxygen atoms in total. The van der Waals surface area contributed by atoms with E-state index in [2.05, 4.69) is 29.8 Å². The largest absolute Gasteiger partial charge is 0.379 e. The third-order valence-electron chi connectivity index (χ3n) is 12.9. The van der Waals surface area contributed by atoms with Gasteiger partial charge < -0.3 is 25.0 Å². The van der Waals surface area contributed by atoms with E-state index >= 15 is 0 Å². The number of hydroxylamine groups is 2. The van der Waals surface area contributed by atoms with E-state index in [-0.39, 0.29) is 71.7 Å². The lowest BCUT2D eigenvalue weighted by molar-refractivity contribution is -0.200. The van der Waals surface area contributed by atoms with Gasteiger partial charge in [-0.15, -0.1) is 0 Å². The normalized spacial score (nSPS) is 24.5. The summed E-state index contributed by atoms with van der Waals surface area (Å²) in [4.78, 5) is 79.2. The van der Waals surface area contributed by atoms with Crippen molar-refractivity contribution in [2.75, 3.05) is 48.0 Å². The van der Waals surface area contributed by atoms with Crippen LogP contribution in [0, 0.1) is 23.7 Å². The molecular weight excluding hydrogens is 741 g/mol. The van der Waals surface area contributed by atoms with Crippen molar-refractivity contribution in [3.8, 4) is 0 Å². The molecule has 2 saturated heterocycles. The molecule has 3 N–H and O–H groups in total. The molecule has 10 atom stereocenters. The van der Waals surface area contributed by atoms with Crippen molar-refractivity contribution in [1.29, 1.82) is 0 Å². The third-order valence-corrected chi connectivity index (χ3v) is 12.9. The van der Waals surface area contributed by atoms with Gasteiger partial charge in [-0.2, -0.15) is 0 Å². The van der Waals surface area contributed by atoms with Crippen LogP contribution in [0.1, 0.15) is 105 Å². The Morgan fingerprint density at radius 3 is 2.16 bits per heavy atom. The summed E-state index contributed by atoms with van der Waals surface area (Å²) < 4.78 is 12.2. The van der Waals surface area contributed by atoms with Gasteiger partial charge in [-0.3, -0.25) is 39.0 Å². The Morgan fingerprint density at radius 2 is 1.60 bits per heavy atom. The zero-order chi connectivity index (χ0) is 42.9. The minimum absolute atomic E-state index is 0.0140. The number of benzene rings is 1. The summed E-state index contributed by atoms with van der Waals surface area (Å²) in [7, 11) is 6.73. The van der Waals surface area contributed by atoms with Gasteiger partial charge in [0.1, 0.15) is 5.54 Å². The van der Waals surface area contributed by atoms with Crippen LogP contribution in [0.5, 0.6) is 0 Å². The Kier molecular flexibility index (Phi) is 17.3. The maximum absolute atomic E-state index is 14.4. The highest BCUT2D eigenvalue weighted by Crippen LogP contribution is 2.53. The summed E-state index contributed by atoms with van der Waals surface area (Å²) in [6, 6.07) is 7.86. The van der Waals surface area contributed by atoms with Gasteiger partial charge in [-0.25, -0.2) is 5.06 Å². The number of nitrogens with one attached hydrogen (secondary N) is 3. The molecular formula is C44H72N6O8. The molecule has 1 aliphatic carbocycles. The lowest BCUT2D eigenvalue weighted by atomic mass is 9.87.